The molecule has 1 atom stereocenters. The summed E-state index contributed by atoms with van der Waals surface area (Å²) in [4.78, 5) is 2.38. The van der Waals surface area contributed by atoms with E-state index >= 15 is 0 Å². The summed E-state index contributed by atoms with van der Waals surface area (Å²) < 4.78 is 18.8. The van der Waals surface area contributed by atoms with Gasteiger partial charge in [-0.2, -0.15) is 0 Å². The number of methoxy groups -OCH3 is 1. The molecule has 1 N–H and O–H groups in total. The lowest BCUT2D eigenvalue weighted by molar-refractivity contribution is 0.136. The molecular weight excluding hydrogens is 267 g/mol. The van der Waals surface area contributed by atoms with E-state index in [1.54, 1.807) is 12.1 Å². The van der Waals surface area contributed by atoms with E-state index < -0.39 is 0 Å². The SMILES string of the molecule is CNC1CCC(N(C)C(C)c2ccc(OC)c(F)c2)CC1. The zero-order valence-electron chi connectivity index (χ0n) is 13.5. The smallest absolute Gasteiger partial charge is 0.165 e. The minimum absolute atomic E-state index is 0.210. The van der Waals surface area contributed by atoms with Crippen molar-refractivity contribution in [3.8, 4) is 5.75 Å². The zero-order valence-corrected chi connectivity index (χ0v) is 13.5. The Hall–Kier alpha value is -1.13. The van der Waals surface area contributed by atoms with E-state index in [1.165, 1.54) is 32.8 Å². The lowest BCUT2D eigenvalue weighted by Gasteiger charge is -2.38. The maximum absolute atomic E-state index is 13.9. The van der Waals surface area contributed by atoms with Gasteiger partial charge in [-0.05, 0) is 64.4 Å². The molecule has 1 aromatic rings. The molecule has 1 aromatic carbocycles. The second-order valence-corrected chi connectivity index (χ2v) is 6.03. The number of nitrogens with one attached hydrogen (secondary N) is 1. The van der Waals surface area contributed by atoms with Gasteiger partial charge in [0.2, 0.25) is 0 Å². The highest BCUT2D eigenvalue weighted by molar-refractivity contribution is 5.30. The predicted octanol–water partition coefficient (Wildman–Crippen LogP) is 3.36. The van der Waals surface area contributed by atoms with Gasteiger partial charge in [-0.1, -0.05) is 6.07 Å². The van der Waals surface area contributed by atoms with Gasteiger partial charge in [-0.25, -0.2) is 4.39 Å². The Morgan fingerprint density at radius 3 is 2.48 bits per heavy atom. The van der Waals surface area contributed by atoms with E-state index in [-0.39, 0.29) is 11.9 Å². The largest absolute Gasteiger partial charge is 0.494 e. The summed E-state index contributed by atoms with van der Waals surface area (Å²) in [6.45, 7) is 2.14. The lowest BCUT2D eigenvalue weighted by atomic mass is 9.89. The van der Waals surface area contributed by atoms with E-state index in [2.05, 4.69) is 24.2 Å². The van der Waals surface area contributed by atoms with Crippen molar-refractivity contribution in [2.75, 3.05) is 21.2 Å². The van der Waals surface area contributed by atoms with Crippen molar-refractivity contribution >= 4 is 0 Å². The molecule has 0 aromatic heterocycles. The molecule has 2 rings (SSSR count). The lowest BCUT2D eigenvalue weighted by Crippen LogP contribution is -2.40. The third-order valence-corrected chi connectivity index (χ3v) is 4.95. The van der Waals surface area contributed by atoms with Crippen LogP contribution < -0.4 is 10.1 Å². The Kier molecular flexibility index (Phi) is 5.59. The van der Waals surface area contributed by atoms with Crippen molar-refractivity contribution in [2.24, 2.45) is 0 Å². The van der Waals surface area contributed by atoms with E-state index in [0.29, 0.717) is 17.8 Å². The Morgan fingerprint density at radius 2 is 1.95 bits per heavy atom. The Labute approximate surface area is 127 Å². The van der Waals surface area contributed by atoms with Gasteiger partial charge in [0.15, 0.2) is 11.6 Å². The quantitative estimate of drug-likeness (QED) is 0.901. The fourth-order valence-electron chi connectivity index (χ4n) is 3.27. The molecule has 0 heterocycles. The summed E-state index contributed by atoms with van der Waals surface area (Å²) in [7, 11) is 5.68. The van der Waals surface area contributed by atoms with Crippen molar-refractivity contribution < 1.29 is 9.13 Å². The molecule has 1 aliphatic carbocycles. The van der Waals surface area contributed by atoms with Crippen LogP contribution in [-0.2, 0) is 0 Å². The van der Waals surface area contributed by atoms with Crippen molar-refractivity contribution in [1.29, 1.82) is 0 Å². The fourth-order valence-corrected chi connectivity index (χ4v) is 3.27. The maximum Gasteiger partial charge on any atom is 0.165 e. The fraction of sp³-hybridized carbons (Fsp3) is 0.647. The number of hydrogen-bond acceptors (Lipinski definition) is 3. The summed E-state index contributed by atoms with van der Waals surface area (Å²) in [5, 5.41) is 3.36. The molecule has 4 heteroatoms. The van der Waals surface area contributed by atoms with Gasteiger partial charge in [0.25, 0.3) is 0 Å². The highest BCUT2D eigenvalue weighted by Crippen LogP contribution is 2.30. The molecule has 0 aliphatic heterocycles. The van der Waals surface area contributed by atoms with Crippen LogP contribution in [-0.4, -0.2) is 38.2 Å². The van der Waals surface area contributed by atoms with Crippen LogP contribution in [0.15, 0.2) is 18.2 Å². The first-order valence-electron chi connectivity index (χ1n) is 7.79. The molecule has 1 aliphatic rings. The van der Waals surface area contributed by atoms with E-state index in [1.807, 2.05) is 13.1 Å². The molecule has 3 nitrogen and oxygen atoms in total. The van der Waals surface area contributed by atoms with Gasteiger partial charge in [0.1, 0.15) is 0 Å². The summed E-state index contributed by atoms with van der Waals surface area (Å²) in [6, 6.07) is 6.72. The van der Waals surface area contributed by atoms with E-state index in [4.69, 9.17) is 4.74 Å². The molecule has 1 saturated carbocycles. The number of nitrogens with zero attached hydrogens (tertiary/aromatic N) is 1. The molecule has 0 amide bonds. The van der Waals surface area contributed by atoms with Crippen molar-refractivity contribution in [2.45, 2.75) is 50.7 Å². The molecule has 0 spiro atoms. The minimum Gasteiger partial charge on any atom is -0.494 e. The zero-order chi connectivity index (χ0) is 15.4. The van der Waals surface area contributed by atoms with Crippen LogP contribution in [0.2, 0.25) is 0 Å². The van der Waals surface area contributed by atoms with E-state index in [0.717, 1.165) is 5.56 Å². The first-order valence-corrected chi connectivity index (χ1v) is 7.79. The Bertz CT molecular complexity index is 458. The number of halogens is 1. The van der Waals surface area contributed by atoms with Gasteiger partial charge < -0.3 is 10.1 Å². The van der Waals surface area contributed by atoms with Crippen LogP contribution in [0.5, 0.6) is 5.75 Å². The van der Waals surface area contributed by atoms with Gasteiger partial charge in [0.05, 0.1) is 7.11 Å². The summed E-state index contributed by atoms with van der Waals surface area (Å²) in [5.74, 6) is 0.0253. The molecule has 0 saturated heterocycles. The first kappa shape index (κ1) is 16.2. The molecule has 0 radical (unpaired) electrons. The second kappa shape index (κ2) is 7.23. The second-order valence-electron chi connectivity index (χ2n) is 6.03. The van der Waals surface area contributed by atoms with Crippen LogP contribution in [0, 0.1) is 5.82 Å². The predicted molar refractivity (Wildman–Crippen MR) is 84.2 cm³/mol. The van der Waals surface area contributed by atoms with Crippen LogP contribution in [0.1, 0.15) is 44.2 Å². The van der Waals surface area contributed by atoms with Gasteiger partial charge in [-0.3, -0.25) is 4.90 Å². The third kappa shape index (κ3) is 3.74. The summed E-state index contributed by atoms with van der Waals surface area (Å²) >= 11 is 0. The third-order valence-electron chi connectivity index (χ3n) is 4.95. The number of ether oxygens (including phenoxy) is 1. The monoisotopic (exact) mass is 294 g/mol. The van der Waals surface area contributed by atoms with Gasteiger partial charge >= 0.3 is 0 Å². The van der Waals surface area contributed by atoms with Gasteiger partial charge in [0, 0.05) is 18.1 Å². The molecule has 118 valence electrons. The van der Waals surface area contributed by atoms with Crippen LogP contribution >= 0.6 is 0 Å². The van der Waals surface area contributed by atoms with E-state index in [9.17, 15) is 4.39 Å². The Morgan fingerprint density at radius 1 is 1.29 bits per heavy atom. The molecule has 0 bridgehead atoms. The molecule has 1 fully saturated rings. The maximum atomic E-state index is 13.9. The van der Waals surface area contributed by atoms with Crippen LogP contribution in [0.3, 0.4) is 0 Å². The number of benzene rings is 1. The highest BCUT2D eigenvalue weighted by atomic mass is 19.1. The topological polar surface area (TPSA) is 24.5 Å². The minimum atomic E-state index is -0.283. The van der Waals surface area contributed by atoms with Crippen LogP contribution in [0.25, 0.3) is 0 Å². The van der Waals surface area contributed by atoms with Gasteiger partial charge in [-0.15, -0.1) is 0 Å². The van der Waals surface area contributed by atoms with Crippen molar-refractivity contribution in [3.05, 3.63) is 29.6 Å². The Balaban J connectivity index is 2.02. The van der Waals surface area contributed by atoms with Crippen LogP contribution in [0.4, 0.5) is 4.39 Å². The molecule has 21 heavy (non-hydrogen) atoms. The number of hydrogen-bond donors (Lipinski definition) is 1. The normalized spacial score (nSPS) is 24.1. The standard InChI is InChI=1S/C17H27FN2O/c1-12(13-5-10-17(21-4)16(18)11-13)20(3)15-8-6-14(19-2)7-9-15/h5,10-12,14-15,19H,6-9H2,1-4H3. The highest BCUT2D eigenvalue weighted by Gasteiger charge is 2.26. The molecular formula is C17H27FN2O. The summed E-state index contributed by atoms with van der Waals surface area (Å²) in [5.41, 5.74) is 1.01. The number of rotatable bonds is 5. The average Bonchev–Trinajstić information content (AvgIpc) is 2.53. The van der Waals surface area contributed by atoms with Crippen molar-refractivity contribution in [1.82, 2.24) is 10.2 Å². The van der Waals surface area contributed by atoms with Crippen molar-refractivity contribution in [3.63, 3.8) is 0 Å². The molecule has 1 unspecified atom stereocenters. The average molecular weight is 294 g/mol. The summed E-state index contributed by atoms with van der Waals surface area (Å²) in [6.07, 6.45) is 4.83. The first-order chi connectivity index (χ1) is 10.1.